The third-order valence-electron chi connectivity index (χ3n) is 8.36. The summed E-state index contributed by atoms with van der Waals surface area (Å²) in [4.78, 5) is 34.2. The van der Waals surface area contributed by atoms with E-state index in [2.05, 4.69) is 15.2 Å². The average Bonchev–Trinajstić information content (AvgIpc) is 3.43. The minimum Gasteiger partial charge on any atom is -0.488 e. The summed E-state index contributed by atoms with van der Waals surface area (Å²) in [5, 5.41) is 3.23. The number of benzene rings is 3. The monoisotopic (exact) mass is 711 g/mol. The molecule has 51 heavy (non-hydrogen) atoms. The lowest BCUT2D eigenvalue weighted by Crippen LogP contribution is -2.48. The maximum absolute atomic E-state index is 14.2. The van der Waals surface area contributed by atoms with Crippen molar-refractivity contribution in [1.82, 2.24) is 19.4 Å². The zero-order valence-corrected chi connectivity index (χ0v) is 27.1. The second-order valence-corrected chi connectivity index (χ2v) is 11.9. The van der Waals surface area contributed by atoms with E-state index in [0.717, 1.165) is 22.5 Å². The van der Waals surface area contributed by atoms with E-state index in [1.54, 1.807) is 40.8 Å². The van der Waals surface area contributed by atoms with Gasteiger partial charge in [-0.1, -0.05) is 12.1 Å². The molecule has 5 aromatic rings. The van der Waals surface area contributed by atoms with Crippen LogP contribution in [0, 0.1) is 5.82 Å². The van der Waals surface area contributed by atoms with Crippen LogP contribution in [0.4, 0.5) is 32.0 Å². The Hall–Kier alpha value is -5.57. The third-order valence-corrected chi connectivity index (χ3v) is 8.36. The maximum Gasteiger partial charge on any atom is 0.416 e. The number of rotatable bonds is 10. The number of pyridine rings is 1. The van der Waals surface area contributed by atoms with E-state index in [4.69, 9.17) is 9.47 Å². The molecule has 15 heteroatoms. The number of hydrogen-bond donors (Lipinski definition) is 1. The molecule has 0 bridgehead atoms. The van der Waals surface area contributed by atoms with E-state index < -0.39 is 42.1 Å². The lowest BCUT2D eigenvalue weighted by atomic mass is 10.1. The molecule has 0 unspecified atom stereocenters. The number of piperazine rings is 1. The first kappa shape index (κ1) is 35.3. The predicted molar refractivity (Wildman–Crippen MR) is 176 cm³/mol. The number of aryl methyl sites for hydroxylation is 1. The molecule has 2 aromatic heterocycles. The van der Waals surface area contributed by atoms with Gasteiger partial charge in [0.05, 0.1) is 28.5 Å². The van der Waals surface area contributed by atoms with Crippen molar-refractivity contribution in [1.29, 1.82) is 0 Å². The first-order valence-corrected chi connectivity index (χ1v) is 15.8. The van der Waals surface area contributed by atoms with Gasteiger partial charge in [0.1, 0.15) is 29.6 Å². The molecule has 9 nitrogen and oxygen atoms in total. The van der Waals surface area contributed by atoms with Gasteiger partial charge in [-0.25, -0.2) is 18.2 Å². The zero-order chi connectivity index (χ0) is 36.3. The molecule has 0 radical (unpaired) electrons. The van der Waals surface area contributed by atoms with Crippen molar-refractivity contribution in [2.75, 3.05) is 38.1 Å². The standard InChI is InChI=1S/C36H31F6N5O4/c1-45-30-18-27(51-33-11-6-25(19-43-33)44-34(48)28-10-5-24(17-29(28)37)36(40,41)42)9-4-23(30)16-31(45)35(49)47-14-12-46(13-15-47)20-22-2-7-26(8-3-22)50-21-32(38)39/h2-11,16-19,32H,12-15,20-21H2,1H3,(H,44,48). The van der Waals surface area contributed by atoms with Crippen LogP contribution in [0.25, 0.3) is 10.9 Å². The lowest BCUT2D eigenvalue weighted by Gasteiger charge is -2.34. The number of anilines is 1. The Morgan fingerprint density at radius 1 is 0.902 bits per heavy atom. The van der Waals surface area contributed by atoms with Crippen LogP contribution in [0.3, 0.4) is 0 Å². The highest BCUT2D eigenvalue weighted by molar-refractivity contribution is 6.04. The number of fused-ring (bicyclic) bond motifs is 1. The SMILES string of the molecule is Cn1c(C(=O)N2CCN(Cc3ccc(OCC(F)F)cc3)CC2)cc2ccc(Oc3ccc(NC(=O)c4ccc(C(F)(F)F)cc4F)cn3)cc21. The fourth-order valence-corrected chi connectivity index (χ4v) is 5.67. The highest BCUT2D eigenvalue weighted by Crippen LogP contribution is 2.31. The Morgan fingerprint density at radius 3 is 2.27 bits per heavy atom. The summed E-state index contributed by atoms with van der Waals surface area (Å²) < 4.78 is 90.1. The van der Waals surface area contributed by atoms with Gasteiger partial charge in [0.15, 0.2) is 0 Å². The van der Waals surface area contributed by atoms with Crippen LogP contribution in [0.5, 0.6) is 17.4 Å². The number of nitrogens with zero attached hydrogens (tertiary/aromatic N) is 4. The van der Waals surface area contributed by atoms with Gasteiger partial charge in [-0.3, -0.25) is 14.5 Å². The van der Waals surface area contributed by atoms with Crippen molar-refractivity contribution in [2.24, 2.45) is 7.05 Å². The van der Waals surface area contributed by atoms with Crippen LogP contribution < -0.4 is 14.8 Å². The molecule has 0 spiro atoms. The summed E-state index contributed by atoms with van der Waals surface area (Å²) >= 11 is 0. The van der Waals surface area contributed by atoms with E-state index in [-0.39, 0.29) is 23.5 Å². The molecular formula is C36H31F6N5O4. The molecule has 266 valence electrons. The van der Waals surface area contributed by atoms with Crippen LogP contribution in [-0.2, 0) is 19.8 Å². The summed E-state index contributed by atoms with van der Waals surface area (Å²) in [7, 11) is 1.79. The Bertz CT molecular complexity index is 2030. The highest BCUT2D eigenvalue weighted by Gasteiger charge is 2.32. The summed E-state index contributed by atoms with van der Waals surface area (Å²) in [6, 6.07) is 18.7. The van der Waals surface area contributed by atoms with E-state index in [0.29, 0.717) is 56.0 Å². The van der Waals surface area contributed by atoms with Gasteiger partial charge in [0.2, 0.25) is 5.88 Å². The molecule has 0 atom stereocenters. The van der Waals surface area contributed by atoms with Crippen molar-refractivity contribution in [3.8, 4) is 17.4 Å². The highest BCUT2D eigenvalue weighted by atomic mass is 19.4. The summed E-state index contributed by atoms with van der Waals surface area (Å²) in [6.07, 6.45) is -6.01. The second-order valence-electron chi connectivity index (χ2n) is 11.9. The number of alkyl halides is 5. The number of carbonyl (C=O) groups excluding carboxylic acids is 2. The Kier molecular flexibility index (Phi) is 10.2. The fraction of sp³-hybridized carbons (Fsp3) is 0.250. The van der Waals surface area contributed by atoms with E-state index in [1.807, 2.05) is 24.3 Å². The molecule has 2 amide bonds. The van der Waals surface area contributed by atoms with Crippen molar-refractivity contribution in [2.45, 2.75) is 19.1 Å². The lowest BCUT2D eigenvalue weighted by molar-refractivity contribution is -0.137. The van der Waals surface area contributed by atoms with Gasteiger partial charge in [-0.05, 0) is 60.2 Å². The van der Waals surface area contributed by atoms with Crippen LogP contribution in [-0.4, -0.2) is 70.4 Å². The van der Waals surface area contributed by atoms with Crippen molar-refractivity contribution in [3.05, 3.63) is 113 Å². The fourth-order valence-electron chi connectivity index (χ4n) is 5.67. The zero-order valence-electron chi connectivity index (χ0n) is 27.1. The normalized spacial score (nSPS) is 13.8. The third kappa shape index (κ3) is 8.43. The molecule has 1 fully saturated rings. The smallest absolute Gasteiger partial charge is 0.416 e. The largest absolute Gasteiger partial charge is 0.488 e. The number of carbonyl (C=O) groups is 2. The number of halogens is 6. The number of nitrogens with one attached hydrogen (secondary N) is 1. The minimum atomic E-state index is -4.74. The maximum atomic E-state index is 14.2. The summed E-state index contributed by atoms with van der Waals surface area (Å²) in [5.74, 6) is -1.36. The molecule has 1 aliphatic rings. The Labute approximate surface area is 288 Å². The second kappa shape index (κ2) is 14.7. The van der Waals surface area contributed by atoms with Gasteiger partial charge in [0, 0.05) is 57.3 Å². The summed E-state index contributed by atoms with van der Waals surface area (Å²) in [5.41, 5.74) is 0.685. The quantitative estimate of drug-likeness (QED) is 0.152. The van der Waals surface area contributed by atoms with Crippen molar-refractivity contribution >= 4 is 28.4 Å². The first-order valence-electron chi connectivity index (χ1n) is 15.8. The Balaban J connectivity index is 1.04. The first-order chi connectivity index (χ1) is 24.3. The molecule has 0 aliphatic carbocycles. The molecule has 3 heterocycles. The van der Waals surface area contributed by atoms with Crippen LogP contribution in [0.2, 0.25) is 0 Å². The molecule has 3 aromatic carbocycles. The topological polar surface area (TPSA) is 88.9 Å². The number of hydrogen-bond acceptors (Lipinski definition) is 6. The molecular weight excluding hydrogens is 680 g/mol. The molecule has 1 aliphatic heterocycles. The van der Waals surface area contributed by atoms with E-state index in [9.17, 15) is 35.9 Å². The van der Waals surface area contributed by atoms with Crippen LogP contribution in [0.15, 0.2) is 85.1 Å². The van der Waals surface area contributed by atoms with Gasteiger partial charge >= 0.3 is 6.18 Å². The van der Waals surface area contributed by atoms with Crippen molar-refractivity contribution in [3.63, 3.8) is 0 Å². The Morgan fingerprint density at radius 2 is 1.63 bits per heavy atom. The molecule has 0 saturated carbocycles. The number of amides is 2. The van der Waals surface area contributed by atoms with Gasteiger partial charge in [0.25, 0.3) is 18.2 Å². The number of aromatic nitrogens is 2. The molecule has 1 N–H and O–H groups in total. The van der Waals surface area contributed by atoms with Crippen LogP contribution >= 0.6 is 0 Å². The predicted octanol–water partition coefficient (Wildman–Crippen LogP) is 7.38. The van der Waals surface area contributed by atoms with E-state index >= 15 is 0 Å². The minimum absolute atomic E-state index is 0.105. The average molecular weight is 712 g/mol. The molecule has 1 saturated heterocycles. The summed E-state index contributed by atoms with van der Waals surface area (Å²) in [6.45, 7) is 2.40. The van der Waals surface area contributed by atoms with Crippen molar-refractivity contribution < 1.29 is 45.4 Å². The van der Waals surface area contributed by atoms with Crippen LogP contribution in [0.1, 0.15) is 32.0 Å². The van der Waals surface area contributed by atoms with Gasteiger partial charge in [-0.15, -0.1) is 0 Å². The van der Waals surface area contributed by atoms with Gasteiger partial charge in [-0.2, -0.15) is 13.2 Å². The van der Waals surface area contributed by atoms with E-state index in [1.165, 1.54) is 18.3 Å². The van der Waals surface area contributed by atoms with Gasteiger partial charge < -0.3 is 24.3 Å². The number of ether oxygens (including phenoxy) is 2. The molecule has 6 rings (SSSR count).